The SMILES string of the molecule is O=C(c1cccc(-c2ccccc2P(C23CC4CC(CC(C4)C2)C3)C23CC4CC(CC(C4)C2)C3)c1)N1CCCC1.[Au+].[Cl-]. The van der Waals surface area contributed by atoms with E-state index >= 15 is 0 Å². The normalized spacial score (nSPS) is 39.6. The molecule has 2 aromatic rings. The molecule has 0 spiro atoms. The van der Waals surface area contributed by atoms with Gasteiger partial charge in [0.2, 0.25) is 0 Å². The number of rotatable bonds is 5. The maximum Gasteiger partial charge on any atom is 1.00 e. The van der Waals surface area contributed by atoms with Crippen LogP contribution in [-0.2, 0) is 22.4 Å². The van der Waals surface area contributed by atoms with Gasteiger partial charge in [-0.1, -0.05) is 44.3 Å². The Hall–Kier alpha value is -0.630. The van der Waals surface area contributed by atoms with E-state index in [1.165, 1.54) is 88.2 Å². The fourth-order valence-corrected chi connectivity index (χ4v) is 17.9. The fraction of sp³-hybridized carbons (Fsp3) is 0.649. The number of hydrogen-bond donors (Lipinski definition) is 0. The minimum atomic E-state index is -0.277. The Bertz CT molecular complexity index is 1220. The molecule has 42 heavy (non-hydrogen) atoms. The maximum atomic E-state index is 13.4. The second-order valence-electron chi connectivity index (χ2n) is 15.7. The molecule has 1 amide bonds. The van der Waals surface area contributed by atoms with Crippen molar-refractivity contribution in [2.45, 2.75) is 100 Å². The standard InChI is InChI=1S/C37H46NOP.Au.ClH/c39-35(38-10-3-4-11-38)32-7-5-6-31(18-32)33-8-1-2-9-34(33)40(36-19-25-12-26(20-36)14-27(13-25)21-36)37-22-28-15-29(23-37)17-30(16-28)24-37;;/h1-2,5-9,18,25-30H,3-4,10-17,19-24H2;;1H/q;+1;/p-1. The van der Waals surface area contributed by atoms with Crippen molar-refractivity contribution in [3.8, 4) is 11.1 Å². The average molecular weight is 784 g/mol. The van der Waals surface area contributed by atoms with Gasteiger partial charge < -0.3 is 17.3 Å². The van der Waals surface area contributed by atoms with Crippen molar-refractivity contribution in [3.05, 3.63) is 54.1 Å². The Morgan fingerprint density at radius 2 is 1.14 bits per heavy atom. The molecule has 1 aliphatic heterocycles. The zero-order valence-corrected chi connectivity index (χ0v) is 28.7. The number of carbonyl (C=O) groups is 1. The Kier molecular flexibility index (Phi) is 8.09. The number of halogens is 1. The third kappa shape index (κ3) is 4.85. The summed E-state index contributed by atoms with van der Waals surface area (Å²) in [6.07, 6.45) is 20.6. The number of hydrogen-bond acceptors (Lipinski definition) is 1. The van der Waals surface area contributed by atoms with E-state index < -0.39 is 0 Å². The van der Waals surface area contributed by atoms with Crippen molar-refractivity contribution in [2.24, 2.45) is 35.5 Å². The molecule has 11 rings (SSSR count). The molecule has 1 heterocycles. The van der Waals surface area contributed by atoms with E-state index in [0.717, 1.165) is 67.0 Å². The first kappa shape index (κ1) is 30.0. The van der Waals surface area contributed by atoms with Gasteiger partial charge in [0.05, 0.1) is 0 Å². The predicted molar refractivity (Wildman–Crippen MR) is 165 cm³/mol. The molecule has 8 bridgehead atoms. The van der Waals surface area contributed by atoms with Crippen LogP contribution in [0.2, 0.25) is 0 Å². The molecular formula is C37H46AuClNOP. The molecule has 0 aromatic heterocycles. The number of amides is 1. The van der Waals surface area contributed by atoms with Crippen molar-refractivity contribution < 1.29 is 39.6 Å². The molecule has 2 aromatic carbocycles. The first-order valence-corrected chi connectivity index (χ1v) is 18.2. The summed E-state index contributed by atoms with van der Waals surface area (Å²) < 4.78 is 0. The summed E-state index contributed by atoms with van der Waals surface area (Å²) in [4.78, 5) is 15.5. The van der Waals surface area contributed by atoms with Crippen LogP contribution in [0, 0.1) is 35.5 Å². The second-order valence-corrected chi connectivity index (χ2v) is 18.8. The van der Waals surface area contributed by atoms with Crippen molar-refractivity contribution in [1.82, 2.24) is 4.90 Å². The molecule has 9 aliphatic rings. The Balaban J connectivity index is 0.00000144. The van der Waals surface area contributed by atoms with Gasteiger partial charge in [0.1, 0.15) is 0 Å². The second kappa shape index (κ2) is 11.3. The van der Waals surface area contributed by atoms with Gasteiger partial charge in [0.25, 0.3) is 5.91 Å². The van der Waals surface area contributed by atoms with Gasteiger partial charge in [-0.05, 0) is 164 Å². The Labute approximate surface area is 276 Å². The smallest absolute Gasteiger partial charge is 1.00 e. The third-order valence-corrected chi connectivity index (χ3v) is 16.8. The zero-order valence-electron chi connectivity index (χ0n) is 24.9. The summed E-state index contributed by atoms with van der Waals surface area (Å²) in [5.41, 5.74) is 3.65. The van der Waals surface area contributed by atoms with Crippen LogP contribution in [0.15, 0.2) is 48.5 Å². The van der Waals surface area contributed by atoms with E-state index in [4.69, 9.17) is 0 Å². The molecule has 0 unspecified atom stereocenters. The monoisotopic (exact) mass is 783 g/mol. The Morgan fingerprint density at radius 1 is 0.667 bits per heavy atom. The third-order valence-electron chi connectivity index (χ3n) is 12.9. The molecule has 8 saturated carbocycles. The largest absolute Gasteiger partial charge is 1.00 e. The van der Waals surface area contributed by atoms with Gasteiger partial charge in [-0.15, -0.1) is 0 Å². The number of nitrogens with zero attached hydrogens (tertiary/aromatic N) is 1. The summed E-state index contributed by atoms with van der Waals surface area (Å²) in [6, 6.07) is 18.5. The van der Waals surface area contributed by atoms with Crippen molar-refractivity contribution in [1.29, 1.82) is 0 Å². The number of likely N-dealkylation sites (tertiary alicyclic amines) is 1. The van der Waals surface area contributed by atoms with Crippen LogP contribution in [0.3, 0.4) is 0 Å². The van der Waals surface area contributed by atoms with Crippen LogP contribution in [0.1, 0.15) is 100 Å². The van der Waals surface area contributed by atoms with Gasteiger partial charge in [0.15, 0.2) is 0 Å². The molecule has 1 saturated heterocycles. The number of benzene rings is 2. The summed E-state index contributed by atoms with van der Waals surface area (Å²) in [5, 5.41) is 2.86. The van der Waals surface area contributed by atoms with Gasteiger partial charge in [-0.25, -0.2) is 0 Å². The molecule has 2 nitrogen and oxygen atoms in total. The van der Waals surface area contributed by atoms with Gasteiger partial charge >= 0.3 is 22.4 Å². The number of carbonyl (C=O) groups excluding carboxylic acids is 1. The molecule has 9 fully saturated rings. The minimum absolute atomic E-state index is 0. The predicted octanol–water partition coefficient (Wildman–Crippen LogP) is 5.64. The molecule has 0 atom stereocenters. The zero-order chi connectivity index (χ0) is 26.5. The van der Waals surface area contributed by atoms with Crippen molar-refractivity contribution >= 4 is 19.1 Å². The quantitative estimate of drug-likeness (QED) is 0.285. The van der Waals surface area contributed by atoms with Crippen molar-refractivity contribution in [3.63, 3.8) is 0 Å². The van der Waals surface area contributed by atoms with E-state index in [2.05, 4.69) is 53.4 Å². The first-order valence-electron chi connectivity index (χ1n) is 16.8. The van der Waals surface area contributed by atoms with Gasteiger partial charge in [-0.2, -0.15) is 0 Å². The van der Waals surface area contributed by atoms with Crippen LogP contribution < -0.4 is 17.7 Å². The summed E-state index contributed by atoms with van der Waals surface area (Å²) in [6.45, 7) is 1.84. The van der Waals surface area contributed by atoms with E-state index in [1.807, 2.05) is 0 Å². The average Bonchev–Trinajstić information content (AvgIpc) is 3.47. The summed E-state index contributed by atoms with van der Waals surface area (Å²) >= 11 is 0. The minimum Gasteiger partial charge on any atom is -1.00 e. The van der Waals surface area contributed by atoms with Crippen LogP contribution in [-0.4, -0.2) is 34.2 Å². The van der Waals surface area contributed by atoms with Crippen LogP contribution >= 0.6 is 7.92 Å². The molecule has 5 heteroatoms. The van der Waals surface area contributed by atoms with E-state index in [1.54, 1.807) is 5.30 Å². The van der Waals surface area contributed by atoms with Gasteiger partial charge in [0, 0.05) is 18.7 Å². The van der Waals surface area contributed by atoms with Gasteiger partial charge in [-0.3, -0.25) is 4.79 Å². The Morgan fingerprint density at radius 3 is 1.64 bits per heavy atom. The summed E-state index contributed by atoms with van der Waals surface area (Å²) in [5.74, 6) is 6.23. The van der Waals surface area contributed by atoms with E-state index in [-0.39, 0.29) is 48.6 Å². The van der Waals surface area contributed by atoms with E-state index in [9.17, 15) is 4.79 Å². The van der Waals surface area contributed by atoms with Crippen LogP contribution in [0.25, 0.3) is 11.1 Å². The van der Waals surface area contributed by atoms with Crippen LogP contribution in [0.5, 0.6) is 0 Å². The summed E-state index contributed by atoms with van der Waals surface area (Å²) in [7, 11) is -0.277. The van der Waals surface area contributed by atoms with Crippen LogP contribution in [0.4, 0.5) is 0 Å². The molecular weight excluding hydrogens is 738 g/mol. The maximum absolute atomic E-state index is 13.4. The molecule has 0 N–H and O–H groups in total. The topological polar surface area (TPSA) is 20.3 Å². The van der Waals surface area contributed by atoms with E-state index in [0.29, 0.717) is 10.3 Å². The molecule has 8 aliphatic carbocycles. The molecule has 0 radical (unpaired) electrons. The first-order chi connectivity index (χ1) is 19.6. The molecule has 228 valence electrons. The van der Waals surface area contributed by atoms with Crippen molar-refractivity contribution in [2.75, 3.05) is 13.1 Å². The fourth-order valence-electron chi connectivity index (χ4n) is 12.5.